The number of nitrogens with zero attached hydrogens (tertiary/aromatic N) is 2. The first kappa shape index (κ1) is 11.6. The van der Waals surface area contributed by atoms with Crippen LogP contribution in [0.25, 0.3) is 5.65 Å². The van der Waals surface area contributed by atoms with Crippen molar-refractivity contribution in [3.05, 3.63) is 29.1 Å². The number of hydrogen-bond acceptors (Lipinski definition) is 1. The minimum atomic E-state index is 0.505. The van der Waals surface area contributed by atoms with Gasteiger partial charge in [0.2, 0.25) is 0 Å². The van der Waals surface area contributed by atoms with Crippen molar-refractivity contribution in [2.75, 3.05) is 0 Å². The van der Waals surface area contributed by atoms with Crippen LogP contribution >= 0.6 is 0 Å². The molecule has 0 atom stereocenters. The van der Waals surface area contributed by atoms with E-state index >= 15 is 0 Å². The Morgan fingerprint density at radius 1 is 1.17 bits per heavy atom. The van der Waals surface area contributed by atoms with Crippen LogP contribution in [0.2, 0.25) is 0 Å². The molecule has 95 valence electrons. The van der Waals surface area contributed by atoms with E-state index in [4.69, 9.17) is 10.7 Å². The first-order valence-corrected chi connectivity index (χ1v) is 6.88. The molecule has 18 heavy (non-hydrogen) atoms. The summed E-state index contributed by atoms with van der Waals surface area (Å²) in [6.07, 6.45) is 6.32. The van der Waals surface area contributed by atoms with Gasteiger partial charge in [0.25, 0.3) is 0 Å². The van der Waals surface area contributed by atoms with Crippen LogP contribution in [0.3, 0.4) is 0 Å². The number of imidazole rings is 1. The van der Waals surface area contributed by atoms with Gasteiger partial charge >= 0.3 is 0 Å². The Morgan fingerprint density at radius 2 is 1.89 bits per heavy atom. The first-order chi connectivity index (χ1) is 8.66. The second kappa shape index (κ2) is 4.30. The van der Waals surface area contributed by atoms with Gasteiger partial charge < -0.3 is 0 Å². The zero-order chi connectivity index (χ0) is 12.7. The minimum absolute atomic E-state index is 0.505. The molecule has 2 heterocycles. The van der Waals surface area contributed by atoms with Crippen molar-refractivity contribution >= 4 is 11.5 Å². The van der Waals surface area contributed by atoms with Crippen molar-refractivity contribution in [1.29, 1.82) is 0 Å². The number of nitrogens with one attached hydrogen (secondary N) is 1. The van der Waals surface area contributed by atoms with Crippen LogP contribution < -0.4 is 5.73 Å². The Balaban J connectivity index is 2.13. The third-order valence-electron chi connectivity index (χ3n) is 4.07. The van der Waals surface area contributed by atoms with Crippen molar-refractivity contribution in [3.8, 4) is 0 Å². The second-order valence-corrected chi connectivity index (χ2v) is 5.55. The van der Waals surface area contributed by atoms with Crippen LogP contribution in [-0.2, 0) is 0 Å². The van der Waals surface area contributed by atoms with Gasteiger partial charge in [0.1, 0.15) is 5.65 Å². The molecule has 1 aliphatic rings. The topological polar surface area (TPSA) is 41.1 Å². The Bertz CT molecular complexity index is 577. The molecule has 1 saturated carbocycles. The summed E-state index contributed by atoms with van der Waals surface area (Å²) in [7, 11) is 0. The van der Waals surface area contributed by atoms with Crippen LogP contribution in [0.5, 0.6) is 0 Å². The fourth-order valence-electron chi connectivity index (χ4n) is 3.21. The molecule has 0 bridgehead atoms. The lowest BCUT2D eigenvalue weighted by molar-refractivity contribution is 0.438. The van der Waals surface area contributed by atoms with E-state index in [1.807, 2.05) is 4.40 Å². The molecule has 0 aliphatic heterocycles. The standard InChI is InChI=1S/C15H20N3/c1-10-8-11(2)18-13(9-10)17-14(15(18)16)12-6-4-3-5-7-12/h8-9,12,16H,3-7H2,1-2H3. The van der Waals surface area contributed by atoms with E-state index in [-0.39, 0.29) is 0 Å². The molecule has 0 spiro atoms. The first-order valence-electron chi connectivity index (χ1n) is 6.88. The van der Waals surface area contributed by atoms with Gasteiger partial charge in [-0.25, -0.2) is 4.98 Å². The smallest absolute Gasteiger partial charge is 0.153 e. The summed E-state index contributed by atoms with van der Waals surface area (Å²) >= 11 is 0. The van der Waals surface area contributed by atoms with Crippen molar-refractivity contribution in [2.24, 2.45) is 0 Å². The fraction of sp³-hybridized carbons (Fsp3) is 0.533. The number of hydrogen-bond donors (Lipinski definition) is 0. The maximum absolute atomic E-state index is 8.37. The van der Waals surface area contributed by atoms with Crippen LogP contribution in [-0.4, -0.2) is 9.38 Å². The highest BCUT2D eigenvalue weighted by atomic mass is 15.1. The summed E-state index contributed by atoms with van der Waals surface area (Å²) in [6, 6.07) is 4.20. The number of rotatable bonds is 1. The monoisotopic (exact) mass is 242 g/mol. The van der Waals surface area contributed by atoms with Crippen molar-refractivity contribution < 1.29 is 0 Å². The van der Waals surface area contributed by atoms with E-state index in [2.05, 4.69) is 26.0 Å². The van der Waals surface area contributed by atoms with E-state index in [1.54, 1.807) is 0 Å². The largest absolute Gasteiger partial charge is 0.282 e. The molecule has 1 fully saturated rings. The lowest BCUT2D eigenvalue weighted by atomic mass is 9.87. The molecule has 1 aliphatic carbocycles. The normalized spacial score (nSPS) is 17.4. The highest BCUT2D eigenvalue weighted by molar-refractivity contribution is 5.55. The molecule has 1 radical (unpaired) electrons. The summed E-state index contributed by atoms with van der Waals surface area (Å²) < 4.78 is 1.98. The second-order valence-electron chi connectivity index (χ2n) is 5.55. The van der Waals surface area contributed by atoms with E-state index in [0.29, 0.717) is 11.7 Å². The zero-order valence-electron chi connectivity index (χ0n) is 11.2. The third-order valence-corrected chi connectivity index (χ3v) is 4.07. The minimum Gasteiger partial charge on any atom is -0.282 e. The van der Waals surface area contributed by atoms with E-state index < -0.39 is 0 Å². The Hall–Kier alpha value is -1.51. The summed E-state index contributed by atoms with van der Waals surface area (Å²) in [4.78, 5) is 4.73. The van der Waals surface area contributed by atoms with Gasteiger partial charge in [-0.3, -0.25) is 10.1 Å². The van der Waals surface area contributed by atoms with Gasteiger partial charge in [-0.2, -0.15) is 0 Å². The molecule has 2 aromatic heterocycles. The number of pyridine rings is 1. The van der Waals surface area contributed by atoms with Crippen LogP contribution in [0.15, 0.2) is 12.1 Å². The third kappa shape index (κ3) is 1.78. The molecular formula is C15H20N3. The average Bonchev–Trinajstić information content (AvgIpc) is 2.67. The fourth-order valence-corrected chi connectivity index (χ4v) is 3.21. The average molecular weight is 242 g/mol. The Kier molecular flexibility index (Phi) is 2.77. The number of aryl methyl sites for hydroxylation is 2. The SMILES string of the molecule is Cc1cc(C)n2c([NH])c(C3CCCCC3)nc2c1. The van der Waals surface area contributed by atoms with Crippen molar-refractivity contribution in [2.45, 2.75) is 51.9 Å². The molecule has 3 rings (SSSR count). The molecule has 1 N–H and O–H groups in total. The van der Waals surface area contributed by atoms with E-state index in [9.17, 15) is 0 Å². The van der Waals surface area contributed by atoms with Crippen molar-refractivity contribution in [1.82, 2.24) is 15.1 Å². The van der Waals surface area contributed by atoms with Crippen LogP contribution in [0.4, 0.5) is 5.82 Å². The zero-order valence-corrected chi connectivity index (χ0v) is 11.2. The molecule has 0 aromatic carbocycles. The van der Waals surface area contributed by atoms with E-state index in [0.717, 1.165) is 17.0 Å². The highest BCUT2D eigenvalue weighted by Gasteiger charge is 2.22. The summed E-state index contributed by atoms with van der Waals surface area (Å²) in [5.41, 5.74) is 12.7. The van der Waals surface area contributed by atoms with Crippen molar-refractivity contribution in [3.63, 3.8) is 0 Å². The molecule has 3 nitrogen and oxygen atoms in total. The predicted octanol–water partition coefficient (Wildman–Crippen LogP) is 3.91. The van der Waals surface area contributed by atoms with Gasteiger partial charge in [0.05, 0.1) is 5.69 Å². The van der Waals surface area contributed by atoms with Gasteiger partial charge in [-0.1, -0.05) is 19.3 Å². The van der Waals surface area contributed by atoms with Crippen LogP contribution in [0, 0.1) is 13.8 Å². The molecule has 3 heteroatoms. The van der Waals surface area contributed by atoms with E-state index in [1.165, 1.54) is 37.7 Å². The van der Waals surface area contributed by atoms with Gasteiger partial charge in [0, 0.05) is 11.6 Å². The van der Waals surface area contributed by atoms with Gasteiger partial charge in [-0.05, 0) is 44.4 Å². The highest BCUT2D eigenvalue weighted by Crippen LogP contribution is 2.36. The molecule has 2 aromatic rings. The summed E-state index contributed by atoms with van der Waals surface area (Å²) in [6.45, 7) is 4.15. The van der Waals surface area contributed by atoms with Crippen LogP contribution in [0.1, 0.15) is 55.0 Å². The molecule has 0 amide bonds. The maximum Gasteiger partial charge on any atom is 0.153 e. The Morgan fingerprint density at radius 3 is 2.61 bits per heavy atom. The maximum atomic E-state index is 8.37. The molecule has 0 unspecified atom stereocenters. The molecule has 0 saturated heterocycles. The summed E-state index contributed by atoms with van der Waals surface area (Å²) in [5, 5.41) is 0. The van der Waals surface area contributed by atoms with Gasteiger partial charge in [0.15, 0.2) is 5.82 Å². The number of fused-ring (bicyclic) bond motifs is 1. The predicted molar refractivity (Wildman–Crippen MR) is 73.2 cm³/mol. The quantitative estimate of drug-likeness (QED) is 0.747. The lowest BCUT2D eigenvalue weighted by Gasteiger charge is -2.19. The van der Waals surface area contributed by atoms with Gasteiger partial charge in [-0.15, -0.1) is 0 Å². The summed E-state index contributed by atoms with van der Waals surface area (Å²) in [5.74, 6) is 1.11. The molecular weight excluding hydrogens is 222 g/mol. The Labute approximate surface area is 108 Å². The number of aromatic nitrogens is 2. The lowest BCUT2D eigenvalue weighted by Crippen LogP contribution is -2.05.